The SMILES string of the molecule is C=C(C)C(=O)NCCCN(Cc1cc(S(=O)(=O)C(F)(F)F)ccc1B1OC(C)(C)C(C)(C)O1)Cc1c2ccccc2c(CN(CCC(=O)[O-])Cc2cc(S(=O)(=O)C(F)(F)F)ccc2B2OC(C)(C)C(C)(C)O2)c2ccccc12.[Na+]. The molecule has 0 spiro atoms. The van der Waals surface area contributed by atoms with Gasteiger partial charge in [0.25, 0.3) is 19.7 Å². The molecule has 2 saturated heterocycles. The quantitative estimate of drug-likeness (QED) is 0.0381. The van der Waals surface area contributed by atoms with Gasteiger partial charge in [-0.15, -0.1) is 0 Å². The number of halogens is 6. The number of fused-ring (bicyclic) bond motifs is 2. The molecule has 2 fully saturated rings. The maximum atomic E-state index is 14.2. The number of carboxylic acids is 1. The van der Waals surface area contributed by atoms with Crippen LogP contribution in [0.2, 0.25) is 0 Å². The van der Waals surface area contributed by atoms with Gasteiger partial charge in [-0.25, -0.2) is 16.8 Å². The summed E-state index contributed by atoms with van der Waals surface area (Å²) in [5.74, 6) is -1.81. The summed E-state index contributed by atoms with van der Waals surface area (Å²) in [6.45, 7) is 19.3. The molecule has 7 rings (SSSR count). The molecule has 2 aliphatic heterocycles. The van der Waals surface area contributed by atoms with Crippen LogP contribution in [-0.4, -0.2) is 106 Å². The zero-order valence-corrected chi connectivity index (χ0v) is 49.4. The molecule has 0 aromatic heterocycles. The van der Waals surface area contributed by atoms with Crippen molar-refractivity contribution in [2.24, 2.45) is 0 Å². The van der Waals surface area contributed by atoms with E-state index in [1.54, 1.807) is 91.5 Å². The molecular formula is C54H62B2F6N3NaO11S2. The van der Waals surface area contributed by atoms with Crippen LogP contribution in [-0.2, 0) is 74.1 Å². The Morgan fingerprint density at radius 3 is 1.25 bits per heavy atom. The average Bonchev–Trinajstić information content (AvgIpc) is 3.72. The summed E-state index contributed by atoms with van der Waals surface area (Å²) in [7, 11) is -14.0. The van der Waals surface area contributed by atoms with Gasteiger partial charge in [0.05, 0.1) is 32.2 Å². The third kappa shape index (κ3) is 13.5. The maximum absolute atomic E-state index is 14.2. The molecule has 14 nitrogen and oxygen atoms in total. The van der Waals surface area contributed by atoms with Crippen LogP contribution >= 0.6 is 0 Å². The summed E-state index contributed by atoms with van der Waals surface area (Å²) in [4.78, 5) is 26.2. The molecule has 420 valence electrons. The molecule has 0 unspecified atom stereocenters. The van der Waals surface area contributed by atoms with E-state index in [4.69, 9.17) is 18.6 Å². The Balaban J connectivity index is 0.0000101. The Hall–Kier alpha value is -4.33. The summed E-state index contributed by atoms with van der Waals surface area (Å²) in [5, 5.41) is 17.6. The van der Waals surface area contributed by atoms with Gasteiger partial charge in [0.1, 0.15) is 0 Å². The van der Waals surface area contributed by atoms with Crippen molar-refractivity contribution in [3.63, 3.8) is 0 Å². The molecule has 5 aromatic carbocycles. The summed E-state index contributed by atoms with van der Waals surface area (Å²) in [6, 6.07) is 20.6. The number of alkyl halides is 6. The third-order valence-electron chi connectivity index (χ3n) is 15.1. The zero-order chi connectivity index (χ0) is 57.8. The fraction of sp³-hybridized carbons (Fsp3) is 0.444. The second kappa shape index (κ2) is 23.5. The van der Waals surface area contributed by atoms with Crippen molar-refractivity contribution < 1.29 is 106 Å². The molecule has 0 bridgehead atoms. The second-order valence-corrected chi connectivity index (χ2v) is 25.7. The summed E-state index contributed by atoms with van der Waals surface area (Å²) in [6.07, 6.45) is -0.215. The number of aliphatic carboxylic acids is 1. The van der Waals surface area contributed by atoms with E-state index in [1.807, 2.05) is 29.2 Å². The van der Waals surface area contributed by atoms with E-state index in [9.17, 15) is 57.9 Å². The Labute approximate surface area is 480 Å². The standard InChI is InChI=1S/C54H63B2F6N3O11S2.Na/c1-34(2)48(68)63-25-15-26-64(30-35-28-37(77(69,70)53(57,58)59)20-22-45(35)55-73-49(3,4)50(5,6)74-55)32-43-39-16-11-13-18-41(39)44(42-19-14-12-17-40(42)43)33-65(27-24-47(66)67)31-36-29-38(78(71,72)54(60,61)62)21-23-46(36)56-75-51(7,8)52(9,10)76-56;/h11-14,16-23,28-29H,1,15,24-27,30-33H2,2-10H3,(H,63,68)(H,66,67);/q;+1/p-1. The molecule has 0 saturated carbocycles. The first-order valence-corrected chi connectivity index (χ1v) is 28.0. The van der Waals surface area contributed by atoms with E-state index in [0.29, 0.717) is 39.0 Å². The molecule has 0 aliphatic carbocycles. The molecule has 5 aromatic rings. The van der Waals surface area contributed by atoms with E-state index >= 15 is 0 Å². The number of rotatable bonds is 20. The Kier molecular flexibility index (Phi) is 19.0. The van der Waals surface area contributed by atoms with Crippen LogP contribution in [0.15, 0.2) is 107 Å². The molecule has 1 amide bonds. The van der Waals surface area contributed by atoms with Gasteiger partial charge in [-0.2, -0.15) is 26.3 Å². The van der Waals surface area contributed by atoms with E-state index in [-0.39, 0.29) is 103 Å². The first kappa shape index (κ1) is 63.8. The number of benzene rings is 5. The van der Waals surface area contributed by atoms with Gasteiger partial charge in [0.15, 0.2) is 0 Å². The van der Waals surface area contributed by atoms with Crippen molar-refractivity contribution in [3.05, 3.63) is 119 Å². The van der Waals surface area contributed by atoms with Crippen LogP contribution in [0.1, 0.15) is 97.4 Å². The Bertz CT molecular complexity index is 3290. The minimum atomic E-state index is -5.86. The minimum absolute atomic E-state index is 0. The molecule has 2 aliphatic rings. The Morgan fingerprint density at radius 2 is 0.937 bits per heavy atom. The summed E-state index contributed by atoms with van der Waals surface area (Å²) in [5.41, 5.74) is -12.5. The van der Waals surface area contributed by atoms with Gasteiger partial charge >= 0.3 is 54.8 Å². The summed E-state index contributed by atoms with van der Waals surface area (Å²) < 4.78 is 162. The number of carbonyl (C=O) groups is 2. The number of hydrogen-bond donors (Lipinski definition) is 1. The predicted molar refractivity (Wildman–Crippen MR) is 283 cm³/mol. The summed E-state index contributed by atoms with van der Waals surface area (Å²) >= 11 is 0. The van der Waals surface area contributed by atoms with Crippen molar-refractivity contribution in [2.75, 3.05) is 19.6 Å². The molecule has 1 N–H and O–H groups in total. The molecule has 79 heavy (non-hydrogen) atoms. The molecule has 2 heterocycles. The number of sulfone groups is 2. The first-order chi connectivity index (χ1) is 36.0. The van der Waals surface area contributed by atoms with Crippen LogP contribution < -0.4 is 50.9 Å². The monoisotopic (exact) mass is 1150 g/mol. The van der Waals surface area contributed by atoms with E-state index in [0.717, 1.165) is 29.8 Å². The maximum Gasteiger partial charge on any atom is 1.00 e. The molecule has 25 heteroatoms. The van der Waals surface area contributed by atoms with Crippen molar-refractivity contribution >= 4 is 78.3 Å². The number of amides is 1. The van der Waals surface area contributed by atoms with Crippen molar-refractivity contribution in [1.29, 1.82) is 0 Å². The normalized spacial score (nSPS) is 17.2. The average molecular weight is 1150 g/mol. The number of nitrogens with zero attached hydrogens (tertiary/aromatic N) is 2. The number of carbonyl (C=O) groups excluding carboxylic acids is 2. The van der Waals surface area contributed by atoms with Gasteiger partial charge < -0.3 is 33.8 Å². The van der Waals surface area contributed by atoms with Crippen molar-refractivity contribution in [1.82, 2.24) is 15.1 Å². The second-order valence-electron chi connectivity index (χ2n) is 21.8. The predicted octanol–water partition coefficient (Wildman–Crippen LogP) is 4.41. The molecule has 0 atom stereocenters. The first-order valence-electron chi connectivity index (χ1n) is 25.1. The number of hydrogen-bond acceptors (Lipinski definition) is 13. The molecule has 0 radical (unpaired) electrons. The van der Waals surface area contributed by atoms with Gasteiger partial charge in [-0.1, -0.05) is 67.2 Å². The zero-order valence-electron chi connectivity index (χ0n) is 45.8. The van der Waals surface area contributed by atoms with Crippen LogP contribution in [0.4, 0.5) is 26.3 Å². The van der Waals surface area contributed by atoms with Gasteiger partial charge in [-0.05, 0) is 154 Å². The van der Waals surface area contributed by atoms with Crippen LogP contribution in [0.25, 0.3) is 21.5 Å². The van der Waals surface area contributed by atoms with Gasteiger partial charge in [0.2, 0.25) is 5.91 Å². The van der Waals surface area contributed by atoms with Crippen molar-refractivity contribution in [3.8, 4) is 0 Å². The largest absolute Gasteiger partial charge is 1.00 e. The van der Waals surface area contributed by atoms with Crippen LogP contribution in [0.5, 0.6) is 0 Å². The third-order valence-corrected chi connectivity index (χ3v) is 18.1. The van der Waals surface area contributed by atoms with Crippen LogP contribution in [0, 0.1) is 0 Å². The topological polar surface area (TPSA) is 181 Å². The smallest absolute Gasteiger partial charge is 0.550 e. The van der Waals surface area contributed by atoms with Gasteiger partial charge in [-0.3, -0.25) is 14.6 Å². The number of nitrogens with one attached hydrogen (secondary N) is 1. The fourth-order valence-corrected chi connectivity index (χ4v) is 11.0. The van der Waals surface area contributed by atoms with Crippen molar-refractivity contribution in [2.45, 2.75) is 145 Å². The molecular weight excluding hydrogens is 1090 g/mol. The Morgan fingerprint density at radius 1 is 0.595 bits per heavy atom. The van der Waals surface area contributed by atoms with E-state index in [1.165, 1.54) is 12.1 Å². The minimum Gasteiger partial charge on any atom is -0.550 e. The van der Waals surface area contributed by atoms with E-state index in [2.05, 4.69) is 11.9 Å². The van der Waals surface area contributed by atoms with Crippen LogP contribution in [0.3, 0.4) is 0 Å². The van der Waals surface area contributed by atoms with E-state index < -0.39 is 89.5 Å². The fourth-order valence-electron chi connectivity index (χ4n) is 9.35. The number of carboxylic acid groups (broad SMARTS) is 1. The van der Waals surface area contributed by atoms with Gasteiger partial charge in [0, 0.05) is 57.4 Å².